The number of hydrogen-bond acceptors (Lipinski definition) is 7. The third-order valence-electron chi connectivity index (χ3n) is 4.63. The van der Waals surface area contributed by atoms with Gasteiger partial charge >= 0.3 is 10.1 Å². The van der Waals surface area contributed by atoms with Gasteiger partial charge in [0.2, 0.25) is 0 Å². The van der Waals surface area contributed by atoms with Crippen LogP contribution >= 0.6 is 0 Å². The highest BCUT2D eigenvalue weighted by molar-refractivity contribution is 7.87. The third kappa shape index (κ3) is 4.57. The second-order valence-corrected chi connectivity index (χ2v) is 8.27. The van der Waals surface area contributed by atoms with Crippen LogP contribution in [0.3, 0.4) is 0 Å². The van der Waals surface area contributed by atoms with Gasteiger partial charge in [0.15, 0.2) is 5.75 Å². The second kappa shape index (κ2) is 8.86. The van der Waals surface area contributed by atoms with Crippen LogP contribution in [0, 0.1) is 10.1 Å². The molecule has 0 fully saturated rings. The molecule has 4 rings (SSSR count). The lowest BCUT2D eigenvalue weighted by Crippen LogP contribution is -2.11. The molecule has 0 atom stereocenters. The van der Waals surface area contributed by atoms with Gasteiger partial charge in [-0.3, -0.25) is 15.5 Å². The highest BCUT2D eigenvalue weighted by Gasteiger charge is 2.20. The van der Waals surface area contributed by atoms with E-state index in [0.29, 0.717) is 5.56 Å². The van der Waals surface area contributed by atoms with Crippen LogP contribution in [0.25, 0.3) is 10.8 Å². The molecule has 0 saturated heterocycles. The number of anilines is 1. The Hall–Kier alpha value is -4.24. The summed E-state index contributed by atoms with van der Waals surface area (Å²) in [5.74, 6) is 0.0839. The molecule has 0 aromatic heterocycles. The van der Waals surface area contributed by atoms with Crippen LogP contribution in [0.2, 0.25) is 0 Å². The Balaban J connectivity index is 1.70. The molecule has 0 radical (unpaired) electrons. The molecular formula is C23H17N3O5S. The Bertz CT molecular complexity index is 1400. The Morgan fingerprint density at radius 2 is 1.56 bits per heavy atom. The number of hydrazone groups is 1. The summed E-state index contributed by atoms with van der Waals surface area (Å²) in [5.41, 5.74) is 3.92. The smallest absolute Gasteiger partial charge is 0.339 e. The van der Waals surface area contributed by atoms with Crippen LogP contribution in [0.4, 0.5) is 11.4 Å². The molecule has 9 heteroatoms. The minimum absolute atomic E-state index is 0.0839. The van der Waals surface area contributed by atoms with E-state index in [2.05, 4.69) is 10.5 Å². The second-order valence-electron chi connectivity index (χ2n) is 6.72. The van der Waals surface area contributed by atoms with E-state index in [-0.39, 0.29) is 16.3 Å². The van der Waals surface area contributed by atoms with Crippen molar-refractivity contribution in [2.24, 2.45) is 5.10 Å². The molecule has 1 N–H and O–H groups in total. The molecule has 160 valence electrons. The maximum absolute atomic E-state index is 12.8. The molecule has 32 heavy (non-hydrogen) atoms. The van der Waals surface area contributed by atoms with Crippen LogP contribution < -0.4 is 9.61 Å². The van der Waals surface area contributed by atoms with Crippen LogP contribution in [-0.2, 0) is 10.1 Å². The fourth-order valence-corrected chi connectivity index (χ4v) is 4.01. The van der Waals surface area contributed by atoms with Crippen molar-refractivity contribution in [1.29, 1.82) is 0 Å². The summed E-state index contributed by atoms with van der Waals surface area (Å²) in [7, 11) is -4.23. The number of nitrogens with one attached hydrogen (secondary N) is 1. The number of nitro groups is 1. The molecule has 0 aliphatic rings. The minimum Gasteiger partial charge on any atom is -0.378 e. The molecule has 8 nitrogen and oxygen atoms in total. The van der Waals surface area contributed by atoms with Gasteiger partial charge in [-0.1, -0.05) is 48.5 Å². The zero-order valence-electron chi connectivity index (χ0n) is 16.6. The molecule has 0 bridgehead atoms. The van der Waals surface area contributed by atoms with Gasteiger partial charge in [0.25, 0.3) is 5.69 Å². The van der Waals surface area contributed by atoms with Crippen molar-refractivity contribution in [2.75, 3.05) is 5.43 Å². The Kier molecular flexibility index (Phi) is 5.82. The SMILES string of the molecule is O=[N+]([O-])c1ccc(S(=O)(=O)Oc2ccc3ccccc3c2/C=N\Nc2ccccc2)cc1. The average Bonchev–Trinajstić information content (AvgIpc) is 2.81. The monoisotopic (exact) mass is 447 g/mol. The number of benzene rings is 4. The van der Waals surface area contributed by atoms with Gasteiger partial charge in [-0.15, -0.1) is 0 Å². The number of rotatable bonds is 7. The van der Waals surface area contributed by atoms with Crippen LogP contribution in [-0.4, -0.2) is 19.6 Å². The lowest BCUT2D eigenvalue weighted by Gasteiger charge is -2.12. The fourth-order valence-electron chi connectivity index (χ4n) is 3.07. The quantitative estimate of drug-likeness (QED) is 0.185. The van der Waals surface area contributed by atoms with Gasteiger partial charge in [-0.25, -0.2) is 0 Å². The van der Waals surface area contributed by atoms with Crippen molar-refractivity contribution < 1.29 is 17.5 Å². The van der Waals surface area contributed by atoms with E-state index in [1.807, 2.05) is 54.6 Å². The first-order valence-electron chi connectivity index (χ1n) is 9.49. The number of para-hydroxylation sites is 1. The summed E-state index contributed by atoms with van der Waals surface area (Å²) in [4.78, 5) is 10.0. The van der Waals surface area contributed by atoms with E-state index < -0.39 is 15.0 Å². The Morgan fingerprint density at radius 3 is 2.28 bits per heavy atom. The Labute approximate surface area is 184 Å². The summed E-state index contributed by atoms with van der Waals surface area (Å²) >= 11 is 0. The summed E-state index contributed by atoms with van der Waals surface area (Å²) in [5, 5.41) is 16.7. The summed E-state index contributed by atoms with van der Waals surface area (Å²) in [6.07, 6.45) is 1.50. The normalized spacial score (nSPS) is 11.5. The molecule has 0 spiro atoms. The highest BCUT2D eigenvalue weighted by Crippen LogP contribution is 2.29. The van der Waals surface area contributed by atoms with E-state index in [1.54, 1.807) is 12.1 Å². The van der Waals surface area contributed by atoms with Crippen LogP contribution in [0.5, 0.6) is 5.75 Å². The van der Waals surface area contributed by atoms with Gasteiger partial charge in [-0.05, 0) is 41.1 Å². The van der Waals surface area contributed by atoms with E-state index >= 15 is 0 Å². The van der Waals surface area contributed by atoms with E-state index in [1.165, 1.54) is 6.21 Å². The molecule has 0 heterocycles. The zero-order valence-corrected chi connectivity index (χ0v) is 17.4. The van der Waals surface area contributed by atoms with Gasteiger partial charge in [0.1, 0.15) is 4.90 Å². The van der Waals surface area contributed by atoms with Crippen molar-refractivity contribution >= 4 is 38.5 Å². The maximum atomic E-state index is 12.8. The fraction of sp³-hybridized carbons (Fsp3) is 0. The summed E-state index contributed by atoms with van der Waals surface area (Å²) in [6.45, 7) is 0. The van der Waals surface area contributed by atoms with E-state index in [9.17, 15) is 18.5 Å². The molecule has 0 unspecified atom stereocenters. The molecule has 0 aliphatic heterocycles. The van der Waals surface area contributed by atoms with Gasteiger partial charge in [-0.2, -0.15) is 13.5 Å². The number of non-ortho nitro benzene ring substituents is 1. The minimum atomic E-state index is -4.23. The number of nitro benzene ring substituents is 1. The maximum Gasteiger partial charge on any atom is 0.339 e. The van der Waals surface area contributed by atoms with Gasteiger partial charge < -0.3 is 4.18 Å². The molecule has 0 aliphatic carbocycles. The third-order valence-corrected chi connectivity index (χ3v) is 5.88. The lowest BCUT2D eigenvalue weighted by molar-refractivity contribution is -0.384. The first kappa shape index (κ1) is 21.0. The topological polar surface area (TPSA) is 111 Å². The first-order chi connectivity index (χ1) is 15.4. The average molecular weight is 447 g/mol. The molecule has 4 aromatic carbocycles. The Morgan fingerprint density at radius 1 is 0.875 bits per heavy atom. The van der Waals surface area contributed by atoms with Crippen molar-refractivity contribution in [1.82, 2.24) is 0 Å². The zero-order chi connectivity index (χ0) is 22.6. The number of nitrogens with zero attached hydrogens (tertiary/aromatic N) is 2. The van der Waals surface area contributed by atoms with Gasteiger partial charge in [0.05, 0.1) is 16.8 Å². The van der Waals surface area contributed by atoms with Crippen molar-refractivity contribution in [3.8, 4) is 5.75 Å². The number of hydrogen-bond donors (Lipinski definition) is 1. The molecular weight excluding hydrogens is 430 g/mol. The highest BCUT2D eigenvalue weighted by atomic mass is 32.2. The molecule has 0 amide bonds. The van der Waals surface area contributed by atoms with Crippen molar-refractivity contribution in [2.45, 2.75) is 4.90 Å². The van der Waals surface area contributed by atoms with E-state index in [0.717, 1.165) is 40.7 Å². The lowest BCUT2D eigenvalue weighted by atomic mass is 10.0. The molecule has 4 aromatic rings. The van der Waals surface area contributed by atoms with Crippen LogP contribution in [0.15, 0.2) is 101 Å². The van der Waals surface area contributed by atoms with Gasteiger partial charge in [0, 0.05) is 17.7 Å². The van der Waals surface area contributed by atoms with Crippen molar-refractivity contribution in [3.05, 3.63) is 107 Å². The summed E-state index contributed by atoms with van der Waals surface area (Å²) in [6, 6.07) is 24.5. The predicted molar refractivity (Wildman–Crippen MR) is 123 cm³/mol. The van der Waals surface area contributed by atoms with E-state index in [4.69, 9.17) is 4.18 Å². The standard InChI is InChI=1S/C23H17N3O5S/c27-26(28)19-11-13-20(14-12-19)32(29,30)31-23-15-10-17-6-4-5-9-21(17)22(23)16-24-25-18-7-2-1-3-8-18/h1-16,25H/b24-16-. The van der Waals surface area contributed by atoms with Crippen molar-refractivity contribution in [3.63, 3.8) is 0 Å². The first-order valence-corrected chi connectivity index (χ1v) is 10.9. The summed E-state index contributed by atoms with van der Waals surface area (Å²) < 4.78 is 31.0. The largest absolute Gasteiger partial charge is 0.378 e. The van der Waals surface area contributed by atoms with Crippen LogP contribution in [0.1, 0.15) is 5.56 Å². The number of fused-ring (bicyclic) bond motifs is 1. The predicted octanol–water partition coefficient (Wildman–Crippen LogP) is 4.96. The molecule has 0 saturated carbocycles.